The molecule has 7 nitrogen and oxygen atoms in total. The Morgan fingerprint density at radius 2 is 1.84 bits per heavy atom. The van der Waals surface area contributed by atoms with Gasteiger partial charge >= 0.3 is 18.2 Å². The van der Waals surface area contributed by atoms with Gasteiger partial charge in [0.1, 0.15) is 0 Å². The lowest BCUT2D eigenvalue weighted by molar-refractivity contribution is -0.165. The summed E-state index contributed by atoms with van der Waals surface area (Å²) in [4.78, 5) is 34.3. The van der Waals surface area contributed by atoms with Crippen molar-refractivity contribution in [1.82, 2.24) is 10.2 Å². The number of likely N-dealkylation sites (tertiary alicyclic amines) is 1. The average molecular weight is 447 g/mol. The van der Waals surface area contributed by atoms with Crippen molar-refractivity contribution in [2.45, 2.75) is 71.0 Å². The molecule has 2 fully saturated rings. The zero-order valence-electron chi connectivity index (χ0n) is 18.0. The standard InChI is InChI=1S/C11H13N3O4.C8H13F3.C2H6/c12-11(18)14-8(10(16)17)7(9(14)15)5-6-1-3-13-4-2-6;9-8(10,11)6-7-4-2-1-3-5-7;1-2/h1-3,7-8,13H,4-5H2,(H2,12,18)(H,16,17);7H,1-6H2;1-2H3/t7-,8?;;/m1../s1. The molecule has 2 aliphatic heterocycles. The van der Waals surface area contributed by atoms with E-state index >= 15 is 0 Å². The lowest BCUT2D eigenvalue weighted by atomic mass is 9.82. The van der Waals surface area contributed by atoms with Gasteiger partial charge in [0.15, 0.2) is 6.04 Å². The molecule has 10 heteroatoms. The van der Waals surface area contributed by atoms with Crippen molar-refractivity contribution in [3.8, 4) is 0 Å². The number of nitrogens with two attached hydrogens (primary N) is 1. The molecule has 0 aromatic carbocycles. The second-order valence-electron chi connectivity index (χ2n) is 7.48. The zero-order chi connectivity index (χ0) is 23.6. The summed E-state index contributed by atoms with van der Waals surface area (Å²) in [5, 5.41) is 12.0. The minimum absolute atomic E-state index is 0.0799. The summed E-state index contributed by atoms with van der Waals surface area (Å²) in [6.45, 7) is 4.64. The summed E-state index contributed by atoms with van der Waals surface area (Å²) in [6, 6.07) is -2.17. The number of allylic oxidation sites excluding steroid dienone is 2. The van der Waals surface area contributed by atoms with Crippen molar-refractivity contribution in [2.24, 2.45) is 17.6 Å². The minimum atomic E-state index is -3.94. The van der Waals surface area contributed by atoms with Crippen LogP contribution in [0.15, 0.2) is 23.9 Å². The molecular weight excluding hydrogens is 415 g/mol. The van der Waals surface area contributed by atoms with E-state index in [1.165, 1.54) is 0 Å². The number of primary amides is 1. The fraction of sp³-hybridized carbons (Fsp3) is 0.667. The molecular formula is C21H32F3N3O4. The van der Waals surface area contributed by atoms with Gasteiger partial charge in [-0.25, -0.2) is 14.5 Å². The van der Waals surface area contributed by atoms with E-state index in [-0.39, 0.29) is 5.92 Å². The number of β-lactam (4-membered cyclic amide) rings is 1. The molecule has 0 aromatic rings. The van der Waals surface area contributed by atoms with Crippen LogP contribution in [0.3, 0.4) is 0 Å². The van der Waals surface area contributed by atoms with Gasteiger partial charge in [0.05, 0.1) is 5.92 Å². The van der Waals surface area contributed by atoms with E-state index in [4.69, 9.17) is 10.8 Å². The van der Waals surface area contributed by atoms with Crippen molar-refractivity contribution >= 4 is 17.9 Å². The number of urea groups is 1. The first-order chi connectivity index (χ1) is 14.6. The van der Waals surface area contributed by atoms with Crippen molar-refractivity contribution in [3.63, 3.8) is 0 Å². The number of carbonyl (C=O) groups excluding carboxylic acids is 2. The Balaban J connectivity index is 0.000000317. The molecule has 176 valence electrons. The molecule has 2 atom stereocenters. The predicted octanol–water partition coefficient (Wildman–Crippen LogP) is 3.96. The number of hydrogen-bond donors (Lipinski definition) is 3. The number of amides is 3. The van der Waals surface area contributed by atoms with Crippen LogP contribution in [-0.4, -0.2) is 46.7 Å². The molecule has 4 N–H and O–H groups in total. The summed E-state index contributed by atoms with van der Waals surface area (Å²) < 4.78 is 35.5. The van der Waals surface area contributed by atoms with Gasteiger partial charge in [-0.05, 0) is 30.2 Å². The second kappa shape index (κ2) is 12.4. The molecule has 3 rings (SSSR count). The second-order valence-corrected chi connectivity index (χ2v) is 7.48. The number of carbonyl (C=O) groups is 3. The topological polar surface area (TPSA) is 113 Å². The van der Waals surface area contributed by atoms with Crippen molar-refractivity contribution in [1.29, 1.82) is 0 Å². The Labute approximate surface area is 180 Å². The van der Waals surface area contributed by atoms with Gasteiger partial charge in [-0.15, -0.1) is 0 Å². The van der Waals surface area contributed by atoms with Gasteiger partial charge in [-0.3, -0.25) is 4.79 Å². The monoisotopic (exact) mass is 447 g/mol. The van der Waals surface area contributed by atoms with E-state index in [1.807, 2.05) is 19.9 Å². The third-order valence-corrected chi connectivity index (χ3v) is 5.30. The minimum Gasteiger partial charge on any atom is -0.480 e. The Morgan fingerprint density at radius 1 is 1.23 bits per heavy atom. The van der Waals surface area contributed by atoms with Crippen LogP contribution in [0.4, 0.5) is 18.0 Å². The van der Waals surface area contributed by atoms with Crippen molar-refractivity contribution < 1.29 is 32.7 Å². The van der Waals surface area contributed by atoms with Gasteiger partial charge in [-0.2, -0.15) is 13.2 Å². The molecule has 1 aliphatic carbocycles. The van der Waals surface area contributed by atoms with Crippen LogP contribution >= 0.6 is 0 Å². The number of alkyl halides is 3. The van der Waals surface area contributed by atoms with Gasteiger partial charge in [-0.1, -0.05) is 52.0 Å². The zero-order valence-corrected chi connectivity index (χ0v) is 18.0. The van der Waals surface area contributed by atoms with Crippen LogP contribution < -0.4 is 11.1 Å². The number of carboxylic acids is 1. The van der Waals surface area contributed by atoms with E-state index < -0.39 is 42.5 Å². The first kappa shape index (κ1) is 26.5. The fourth-order valence-corrected chi connectivity index (χ4v) is 3.89. The highest BCUT2D eigenvalue weighted by atomic mass is 19.4. The van der Waals surface area contributed by atoms with E-state index in [9.17, 15) is 27.6 Å². The molecule has 0 spiro atoms. The maximum absolute atomic E-state index is 11.8. The number of aliphatic carboxylic acids is 1. The van der Waals surface area contributed by atoms with E-state index in [1.54, 1.807) is 12.3 Å². The third-order valence-electron chi connectivity index (χ3n) is 5.30. The number of imide groups is 1. The summed E-state index contributed by atoms with van der Waals surface area (Å²) in [5.41, 5.74) is 5.85. The van der Waals surface area contributed by atoms with Crippen LogP contribution in [0.5, 0.6) is 0 Å². The Kier molecular flexibility index (Phi) is 10.6. The number of carboxylic acid groups (broad SMARTS) is 1. The van der Waals surface area contributed by atoms with Crippen LogP contribution in [0.2, 0.25) is 0 Å². The first-order valence-corrected chi connectivity index (χ1v) is 10.6. The number of nitrogens with zero attached hydrogens (tertiary/aromatic N) is 1. The normalized spacial score (nSPS) is 23.2. The summed E-state index contributed by atoms with van der Waals surface area (Å²) >= 11 is 0. The maximum Gasteiger partial charge on any atom is 0.389 e. The van der Waals surface area contributed by atoms with E-state index in [2.05, 4.69) is 5.32 Å². The van der Waals surface area contributed by atoms with Crippen molar-refractivity contribution in [3.05, 3.63) is 23.9 Å². The maximum atomic E-state index is 11.8. The molecule has 1 saturated heterocycles. The number of hydrogen-bond acceptors (Lipinski definition) is 4. The molecule has 0 radical (unpaired) electrons. The number of halogens is 3. The number of dihydropyridines is 1. The Bertz CT molecular complexity index is 686. The van der Waals surface area contributed by atoms with Gasteiger partial charge in [0.25, 0.3) is 0 Å². The Hall–Kier alpha value is -2.52. The lowest BCUT2D eigenvalue weighted by Crippen LogP contribution is -2.67. The van der Waals surface area contributed by atoms with E-state index in [0.29, 0.717) is 17.9 Å². The van der Waals surface area contributed by atoms with E-state index in [0.717, 1.165) is 37.7 Å². The van der Waals surface area contributed by atoms with Gasteiger partial charge < -0.3 is 16.2 Å². The highest BCUT2D eigenvalue weighted by Crippen LogP contribution is 2.34. The highest BCUT2D eigenvalue weighted by Gasteiger charge is 2.54. The van der Waals surface area contributed by atoms with Gasteiger partial charge in [0, 0.05) is 13.0 Å². The largest absolute Gasteiger partial charge is 0.480 e. The molecule has 0 bridgehead atoms. The lowest BCUT2D eigenvalue weighted by Gasteiger charge is -2.42. The van der Waals surface area contributed by atoms with Crippen LogP contribution in [-0.2, 0) is 9.59 Å². The SMILES string of the molecule is CC.FC(F)(F)CC1CCCCC1.NC(=O)N1C(=O)[C@H](CC2=CCNC=C2)C1C(=O)O. The molecule has 3 aliphatic rings. The number of rotatable bonds is 4. The summed E-state index contributed by atoms with van der Waals surface area (Å²) in [5.74, 6) is -2.53. The molecule has 3 amide bonds. The van der Waals surface area contributed by atoms with Crippen molar-refractivity contribution in [2.75, 3.05) is 6.54 Å². The summed E-state index contributed by atoms with van der Waals surface area (Å²) in [7, 11) is 0. The first-order valence-electron chi connectivity index (χ1n) is 10.6. The molecule has 1 saturated carbocycles. The smallest absolute Gasteiger partial charge is 0.389 e. The van der Waals surface area contributed by atoms with Gasteiger partial charge in [0.2, 0.25) is 5.91 Å². The van der Waals surface area contributed by atoms with Crippen LogP contribution in [0.1, 0.15) is 58.8 Å². The van der Waals surface area contributed by atoms with Crippen LogP contribution in [0, 0.1) is 11.8 Å². The molecule has 31 heavy (non-hydrogen) atoms. The molecule has 2 heterocycles. The number of nitrogens with one attached hydrogen (secondary N) is 1. The molecule has 1 unspecified atom stereocenters. The fourth-order valence-electron chi connectivity index (χ4n) is 3.89. The third kappa shape index (κ3) is 8.26. The Morgan fingerprint density at radius 3 is 2.29 bits per heavy atom. The quantitative estimate of drug-likeness (QED) is 0.565. The highest BCUT2D eigenvalue weighted by molar-refractivity contribution is 6.07. The molecule has 0 aromatic heterocycles. The summed E-state index contributed by atoms with van der Waals surface area (Å²) in [6.07, 6.45) is 5.84. The predicted molar refractivity (Wildman–Crippen MR) is 110 cm³/mol. The average Bonchev–Trinajstić information content (AvgIpc) is 2.71. The van der Waals surface area contributed by atoms with Crippen LogP contribution in [0.25, 0.3) is 0 Å².